The van der Waals surface area contributed by atoms with Gasteiger partial charge in [0.05, 0.1) is 11.7 Å². The minimum absolute atomic E-state index is 0.00215. The lowest BCUT2D eigenvalue weighted by Gasteiger charge is -2.15. The predicted octanol–water partition coefficient (Wildman–Crippen LogP) is 3.59. The first kappa shape index (κ1) is 15.1. The SMILES string of the molecule is CC(C)Oc1cc(C(F)(F)F)ccc1/C=C/C(=O)O. The van der Waals surface area contributed by atoms with Crippen LogP contribution in [0.1, 0.15) is 25.0 Å². The third-order valence-corrected chi connectivity index (χ3v) is 2.11. The molecule has 0 atom stereocenters. The Balaban J connectivity index is 3.20. The van der Waals surface area contributed by atoms with Crippen LogP contribution in [0.3, 0.4) is 0 Å². The lowest BCUT2D eigenvalue weighted by Crippen LogP contribution is -2.10. The summed E-state index contributed by atoms with van der Waals surface area (Å²) in [4.78, 5) is 10.4. The molecule has 0 aliphatic carbocycles. The number of rotatable bonds is 4. The van der Waals surface area contributed by atoms with E-state index in [0.29, 0.717) is 0 Å². The summed E-state index contributed by atoms with van der Waals surface area (Å²) in [6.45, 7) is 3.34. The Labute approximate surface area is 108 Å². The minimum Gasteiger partial charge on any atom is -0.490 e. The summed E-state index contributed by atoms with van der Waals surface area (Å²) in [6, 6.07) is 2.93. The van der Waals surface area contributed by atoms with Gasteiger partial charge in [-0.05, 0) is 32.1 Å². The third kappa shape index (κ3) is 4.65. The van der Waals surface area contributed by atoms with E-state index in [2.05, 4.69) is 0 Å². The van der Waals surface area contributed by atoms with Gasteiger partial charge >= 0.3 is 12.1 Å². The molecule has 1 aromatic rings. The molecule has 0 aliphatic rings. The van der Waals surface area contributed by atoms with Gasteiger partial charge < -0.3 is 9.84 Å². The fourth-order valence-corrected chi connectivity index (χ4v) is 1.37. The molecular weight excluding hydrogens is 261 g/mol. The van der Waals surface area contributed by atoms with Gasteiger partial charge in [0.2, 0.25) is 0 Å². The van der Waals surface area contributed by atoms with Gasteiger partial charge in [0.1, 0.15) is 5.75 Å². The van der Waals surface area contributed by atoms with Crippen molar-refractivity contribution < 1.29 is 27.8 Å². The van der Waals surface area contributed by atoms with E-state index >= 15 is 0 Å². The van der Waals surface area contributed by atoms with Crippen LogP contribution in [0.5, 0.6) is 5.75 Å². The molecule has 19 heavy (non-hydrogen) atoms. The summed E-state index contributed by atoms with van der Waals surface area (Å²) in [5, 5.41) is 8.52. The zero-order valence-electron chi connectivity index (χ0n) is 10.4. The molecule has 0 aliphatic heterocycles. The molecule has 3 nitrogen and oxygen atoms in total. The maximum absolute atomic E-state index is 12.6. The first-order valence-corrected chi connectivity index (χ1v) is 5.49. The molecule has 0 aromatic heterocycles. The van der Waals surface area contributed by atoms with E-state index in [0.717, 1.165) is 18.2 Å². The highest BCUT2D eigenvalue weighted by Gasteiger charge is 2.31. The van der Waals surface area contributed by atoms with E-state index in [1.165, 1.54) is 12.1 Å². The van der Waals surface area contributed by atoms with Gasteiger partial charge in [-0.1, -0.05) is 6.07 Å². The molecule has 1 N–H and O–H groups in total. The average Bonchev–Trinajstić information content (AvgIpc) is 2.25. The van der Waals surface area contributed by atoms with Crippen LogP contribution in [0.4, 0.5) is 13.2 Å². The summed E-state index contributed by atoms with van der Waals surface area (Å²) in [5.41, 5.74) is -0.556. The molecule has 1 aromatic carbocycles. The van der Waals surface area contributed by atoms with Crippen molar-refractivity contribution >= 4 is 12.0 Å². The fraction of sp³-hybridized carbons (Fsp3) is 0.308. The molecule has 0 saturated heterocycles. The van der Waals surface area contributed by atoms with Crippen LogP contribution in [0.25, 0.3) is 6.08 Å². The first-order valence-electron chi connectivity index (χ1n) is 5.49. The van der Waals surface area contributed by atoms with Crippen molar-refractivity contribution in [3.05, 3.63) is 35.4 Å². The molecule has 6 heteroatoms. The van der Waals surface area contributed by atoms with Crippen molar-refractivity contribution in [1.82, 2.24) is 0 Å². The second-order valence-electron chi connectivity index (χ2n) is 4.09. The van der Waals surface area contributed by atoms with Crippen LogP contribution < -0.4 is 4.74 Å². The van der Waals surface area contributed by atoms with Crippen molar-refractivity contribution in [2.45, 2.75) is 26.1 Å². The maximum atomic E-state index is 12.6. The molecule has 0 spiro atoms. The molecule has 104 valence electrons. The zero-order valence-corrected chi connectivity index (χ0v) is 10.4. The Morgan fingerprint density at radius 3 is 2.47 bits per heavy atom. The van der Waals surface area contributed by atoms with Crippen LogP contribution >= 0.6 is 0 Å². The van der Waals surface area contributed by atoms with E-state index in [1.807, 2.05) is 0 Å². The number of carboxylic acid groups (broad SMARTS) is 1. The normalized spacial score (nSPS) is 12.1. The van der Waals surface area contributed by atoms with E-state index in [4.69, 9.17) is 9.84 Å². The maximum Gasteiger partial charge on any atom is 0.416 e. The van der Waals surface area contributed by atoms with E-state index in [-0.39, 0.29) is 17.4 Å². The Morgan fingerprint density at radius 2 is 2.00 bits per heavy atom. The van der Waals surface area contributed by atoms with Crippen molar-refractivity contribution in [2.75, 3.05) is 0 Å². The fourth-order valence-electron chi connectivity index (χ4n) is 1.37. The predicted molar refractivity (Wildman–Crippen MR) is 63.9 cm³/mol. The lowest BCUT2D eigenvalue weighted by molar-refractivity contribution is -0.137. The topological polar surface area (TPSA) is 46.5 Å². The number of halogens is 3. The van der Waals surface area contributed by atoms with Crippen LogP contribution in [0, 0.1) is 0 Å². The standard InChI is InChI=1S/C13H13F3O3/c1-8(2)19-11-7-10(13(14,15)16)5-3-9(11)4-6-12(17)18/h3-8H,1-2H3,(H,17,18)/b6-4+. The third-order valence-electron chi connectivity index (χ3n) is 2.11. The summed E-state index contributed by atoms with van der Waals surface area (Å²) >= 11 is 0. The second kappa shape index (κ2) is 5.77. The van der Waals surface area contributed by atoms with Gasteiger partial charge in [0, 0.05) is 11.6 Å². The van der Waals surface area contributed by atoms with Crippen molar-refractivity contribution in [3.63, 3.8) is 0 Å². The highest BCUT2D eigenvalue weighted by atomic mass is 19.4. The van der Waals surface area contributed by atoms with Crippen LogP contribution in [0.2, 0.25) is 0 Å². The van der Waals surface area contributed by atoms with Crippen LogP contribution in [0.15, 0.2) is 24.3 Å². The Hall–Kier alpha value is -1.98. The number of aliphatic carboxylic acids is 1. The molecule has 1 rings (SSSR count). The molecular formula is C13H13F3O3. The molecule has 0 bridgehead atoms. The number of hydrogen-bond acceptors (Lipinski definition) is 2. The summed E-state index contributed by atoms with van der Waals surface area (Å²) in [5.74, 6) is -1.18. The summed E-state index contributed by atoms with van der Waals surface area (Å²) in [6.07, 6.45) is -2.75. The van der Waals surface area contributed by atoms with Gasteiger partial charge in [-0.3, -0.25) is 0 Å². The van der Waals surface area contributed by atoms with Gasteiger partial charge in [0.15, 0.2) is 0 Å². The second-order valence-corrected chi connectivity index (χ2v) is 4.09. The van der Waals surface area contributed by atoms with Crippen molar-refractivity contribution in [3.8, 4) is 5.75 Å². The van der Waals surface area contributed by atoms with Crippen LogP contribution in [-0.4, -0.2) is 17.2 Å². The highest BCUT2D eigenvalue weighted by Crippen LogP contribution is 2.33. The number of alkyl halides is 3. The molecule has 0 heterocycles. The van der Waals surface area contributed by atoms with E-state index < -0.39 is 17.7 Å². The molecule has 0 saturated carbocycles. The smallest absolute Gasteiger partial charge is 0.416 e. The number of hydrogen-bond donors (Lipinski definition) is 1. The Bertz CT molecular complexity index is 490. The molecule has 0 radical (unpaired) electrons. The van der Waals surface area contributed by atoms with Gasteiger partial charge in [-0.25, -0.2) is 4.79 Å². The molecule has 0 amide bonds. The van der Waals surface area contributed by atoms with E-state index in [9.17, 15) is 18.0 Å². The van der Waals surface area contributed by atoms with Crippen molar-refractivity contribution in [1.29, 1.82) is 0 Å². The number of carboxylic acids is 1. The summed E-state index contributed by atoms with van der Waals surface area (Å²) < 4.78 is 43.0. The number of benzene rings is 1. The van der Waals surface area contributed by atoms with Crippen molar-refractivity contribution in [2.24, 2.45) is 0 Å². The van der Waals surface area contributed by atoms with Gasteiger partial charge in [-0.2, -0.15) is 13.2 Å². The van der Waals surface area contributed by atoms with Crippen LogP contribution in [-0.2, 0) is 11.0 Å². The Kier molecular flexibility index (Phi) is 4.58. The largest absolute Gasteiger partial charge is 0.490 e. The Morgan fingerprint density at radius 1 is 1.37 bits per heavy atom. The quantitative estimate of drug-likeness (QED) is 0.853. The minimum atomic E-state index is -4.47. The lowest BCUT2D eigenvalue weighted by atomic mass is 10.1. The number of carbonyl (C=O) groups is 1. The molecule has 0 fully saturated rings. The van der Waals surface area contributed by atoms with Gasteiger partial charge in [0.25, 0.3) is 0 Å². The zero-order chi connectivity index (χ0) is 14.6. The van der Waals surface area contributed by atoms with E-state index in [1.54, 1.807) is 13.8 Å². The first-order chi connectivity index (χ1) is 8.70. The summed E-state index contributed by atoms with van der Waals surface area (Å²) in [7, 11) is 0. The number of ether oxygens (including phenoxy) is 1. The molecule has 0 unspecified atom stereocenters. The van der Waals surface area contributed by atoms with Gasteiger partial charge in [-0.15, -0.1) is 0 Å². The monoisotopic (exact) mass is 274 g/mol. The average molecular weight is 274 g/mol. The highest BCUT2D eigenvalue weighted by molar-refractivity contribution is 5.85.